The van der Waals surface area contributed by atoms with Gasteiger partial charge in [0.05, 0.1) is 6.10 Å². The van der Waals surface area contributed by atoms with Crippen molar-refractivity contribution >= 4 is 11.6 Å². The molecule has 0 saturated heterocycles. The Kier molecular flexibility index (Phi) is 3.09. The molecule has 1 aliphatic carbocycles. The van der Waals surface area contributed by atoms with Crippen LogP contribution in [0.1, 0.15) is 37.4 Å². The minimum atomic E-state index is -0.297. The number of hydrogen-bond acceptors (Lipinski definition) is 1. The normalized spacial score (nSPS) is 19.9. The Morgan fingerprint density at radius 3 is 2.29 bits per heavy atom. The molecule has 1 N–H and O–H groups in total. The molecule has 2 rings (SSSR count). The molecule has 0 radical (unpaired) electrons. The van der Waals surface area contributed by atoms with Gasteiger partial charge in [-0.05, 0) is 36.5 Å². The third kappa shape index (κ3) is 2.10. The molecule has 1 unspecified atom stereocenters. The molecule has 14 heavy (non-hydrogen) atoms. The minimum absolute atomic E-state index is 0.297. The van der Waals surface area contributed by atoms with Crippen LogP contribution in [0.2, 0.25) is 5.02 Å². The van der Waals surface area contributed by atoms with Gasteiger partial charge in [0.15, 0.2) is 0 Å². The molecule has 1 atom stereocenters. The first-order valence-electron chi connectivity index (χ1n) is 5.21. The lowest BCUT2D eigenvalue weighted by Crippen LogP contribution is -2.08. The number of hydrogen-bond donors (Lipinski definition) is 1. The quantitative estimate of drug-likeness (QED) is 0.792. The summed E-state index contributed by atoms with van der Waals surface area (Å²) < 4.78 is 0. The van der Waals surface area contributed by atoms with Gasteiger partial charge in [0.2, 0.25) is 0 Å². The Bertz CT molecular complexity index is 288. The SMILES string of the molecule is OC(c1ccc(Cl)cc1)C1CCCC1. The predicted octanol–water partition coefficient (Wildman–Crippen LogP) is 3.56. The second-order valence-electron chi connectivity index (χ2n) is 4.04. The van der Waals surface area contributed by atoms with E-state index in [1.807, 2.05) is 24.3 Å². The fourth-order valence-electron chi connectivity index (χ4n) is 2.21. The molecule has 0 amide bonds. The van der Waals surface area contributed by atoms with Crippen LogP contribution >= 0.6 is 11.6 Å². The van der Waals surface area contributed by atoms with Crippen molar-refractivity contribution < 1.29 is 5.11 Å². The molecule has 1 aromatic rings. The van der Waals surface area contributed by atoms with E-state index in [0.29, 0.717) is 5.92 Å². The molecule has 76 valence electrons. The van der Waals surface area contributed by atoms with E-state index < -0.39 is 0 Å². The van der Waals surface area contributed by atoms with Gasteiger partial charge in [0.1, 0.15) is 0 Å². The van der Waals surface area contributed by atoms with Crippen molar-refractivity contribution in [2.24, 2.45) is 5.92 Å². The second kappa shape index (κ2) is 4.33. The number of benzene rings is 1. The first kappa shape index (κ1) is 10.0. The maximum Gasteiger partial charge on any atom is 0.0818 e. The third-order valence-corrected chi connectivity index (χ3v) is 3.31. The van der Waals surface area contributed by atoms with Gasteiger partial charge in [-0.3, -0.25) is 0 Å². The Labute approximate surface area is 89.7 Å². The molecule has 1 aliphatic rings. The first-order chi connectivity index (χ1) is 6.77. The van der Waals surface area contributed by atoms with E-state index in [-0.39, 0.29) is 6.10 Å². The summed E-state index contributed by atoms with van der Waals surface area (Å²) in [6.07, 6.45) is 4.54. The highest BCUT2D eigenvalue weighted by Crippen LogP contribution is 2.35. The van der Waals surface area contributed by atoms with Crippen LogP contribution in [-0.4, -0.2) is 5.11 Å². The topological polar surface area (TPSA) is 20.2 Å². The lowest BCUT2D eigenvalue weighted by Gasteiger charge is -2.17. The third-order valence-electron chi connectivity index (χ3n) is 3.06. The highest BCUT2D eigenvalue weighted by Gasteiger charge is 2.24. The van der Waals surface area contributed by atoms with Crippen molar-refractivity contribution in [2.45, 2.75) is 31.8 Å². The minimum Gasteiger partial charge on any atom is -0.388 e. The highest BCUT2D eigenvalue weighted by molar-refractivity contribution is 6.30. The number of rotatable bonds is 2. The van der Waals surface area contributed by atoms with E-state index >= 15 is 0 Å². The smallest absolute Gasteiger partial charge is 0.0818 e. The van der Waals surface area contributed by atoms with Crippen LogP contribution in [0.25, 0.3) is 0 Å². The molecular formula is C12H15ClO. The Morgan fingerprint density at radius 2 is 1.71 bits per heavy atom. The monoisotopic (exact) mass is 210 g/mol. The Morgan fingerprint density at radius 1 is 1.14 bits per heavy atom. The predicted molar refractivity (Wildman–Crippen MR) is 58.4 cm³/mol. The van der Waals surface area contributed by atoms with Crippen molar-refractivity contribution in [3.8, 4) is 0 Å². The van der Waals surface area contributed by atoms with Crippen LogP contribution in [0.4, 0.5) is 0 Å². The summed E-state index contributed by atoms with van der Waals surface area (Å²) in [4.78, 5) is 0. The van der Waals surface area contributed by atoms with Crippen molar-refractivity contribution in [2.75, 3.05) is 0 Å². The zero-order valence-corrected chi connectivity index (χ0v) is 8.87. The average molecular weight is 211 g/mol. The molecule has 0 aromatic heterocycles. The van der Waals surface area contributed by atoms with Crippen LogP contribution in [-0.2, 0) is 0 Å². The van der Waals surface area contributed by atoms with E-state index in [2.05, 4.69) is 0 Å². The van der Waals surface area contributed by atoms with Gasteiger partial charge in [-0.25, -0.2) is 0 Å². The zero-order valence-electron chi connectivity index (χ0n) is 8.12. The fourth-order valence-corrected chi connectivity index (χ4v) is 2.33. The van der Waals surface area contributed by atoms with E-state index in [9.17, 15) is 5.11 Å². The summed E-state index contributed by atoms with van der Waals surface area (Å²) in [5.41, 5.74) is 1.00. The van der Waals surface area contributed by atoms with Gasteiger partial charge < -0.3 is 5.11 Å². The maximum absolute atomic E-state index is 10.1. The van der Waals surface area contributed by atoms with Crippen LogP contribution in [0.15, 0.2) is 24.3 Å². The van der Waals surface area contributed by atoms with Gasteiger partial charge in [0, 0.05) is 5.02 Å². The molecule has 1 nitrogen and oxygen atoms in total. The maximum atomic E-state index is 10.1. The van der Waals surface area contributed by atoms with Gasteiger partial charge in [0.25, 0.3) is 0 Å². The molecule has 0 heterocycles. The molecule has 1 aromatic carbocycles. The molecule has 2 heteroatoms. The summed E-state index contributed by atoms with van der Waals surface area (Å²) in [5, 5.41) is 10.8. The van der Waals surface area contributed by atoms with E-state index in [1.54, 1.807) is 0 Å². The number of aliphatic hydroxyl groups excluding tert-OH is 1. The van der Waals surface area contributed by atoms with Crippen molar-refractivity contribution in [1.29, 1.82) is 0 Å². The lowest BCUT2D eigenvalue weighted by molar-refractivity contribution is 0.111. The van der Waals surface area contributed by atoms with Crippen molar-refractivity contribution in [3.05, 3.63) is 34.9 Å². The van der Waals surface area contributed by atoms with Crippen molar-refractivity contribution in [1.82, 2.24) is 0 Å². The summed E-state index contributed by atoms with van der Waals surface area (Å²) >= 11 is 5.79. The summed E-state index contributed by atoms with van der Waals surface area (Å²) in [6.45, 7) is 0. The fraction of sp³-hybridized carbons (Fsp3) is 0.500. The summed E-state index contributed by atoms with van der Waals surface area (Å²) in [5.74, 6) is 0.455. The van der Waals surface area contributed by atoms with E-state index in [1.165, 1.54) is 12.8 Å². The lowest BCUT2D eigenvalue weighted by atomic mass is 9.95. The molecule has 1 fully saturated rings. The van der Waals surface area contributed by atoms with Gasteiger partial charge in [-0.2, -0.15) is 0 Å². The van der Waals surface area contributed by atoms with E-state index in [0.717, 1.165) is 23.4 Å². The first-order valence-corrected chi connectivity index (χ1v) is 5.59. The second-order valence-corrected chi connectivity index (χ2v) is 4.48. The molecule has 0 aliphatic heterocycles. The van der Waals surface area contributed by atoms with Crippen molar-refractivity contribution in [3.63, 3.8) is 0 Å². The summed E-state index contributed by atoms with van der Waals surface area (Å²) in [7, 11) is 0. The molecule has 1 saturated carbocycles. The van der Waals surface area contributed by atoms with Crippen LogP contribution in [0, 0.1) is 5.92 Å². The van der Waals surface area contributed by atoms with Gasteiger partial charge >= 0.3 is 0 Å². The number of aliphatic hydroxyl groups is 1. The molecule has 0 bridgehead atoms. The molecule has 0 spiro atoms. The van der Waals surface area contributed by atoms with Gasteiger partial charge in [-0.15, -0.1) is 0 Å². The average Bonchev–Trinajstić information content (AvgIpc) is 2.71. The standard InChI is InChI=1S/C12H15ClO/c13-11-7-5-10(6-8-11)12(14)9-3-1-2-4-9/h5-9,12,14H,1-4H2. The van der Waals surface area contributed by atoms with Crippen LogP contribution in [0.5, 0.6) is 0 Å². The Balaban J connectivity index is 2.09. The van der Waals surface area contributed by atoms with Crippen LogP contribution in [0.3, 0.4) is 0 Å². The zero-order chi connectivity index (χ0) is 9.97. The highest BCUT2D eigenvalue weighted by atomic mass is 35.5. The van der Waals surface area contributed by atoms with Crippen LogP contribution < -0.4 is 0 Å². The largest absolute Gasteiger partial charge is 0.388 e. The molecular weight excluding hydrogens is 196 g/mol. The summed E-state index contributed by atoms with van der Waals surface area (Å²) in [6, 6.07) is 7.53. The number of halogens is 1. The van der Waals surface area contributed by atoms with Gasteiger partial charge in [-0.1, -0.05) is 36.6 Å². The Hall–Kier alpha value is -0.530. The van der Waals surface area contributed by atoms with E-state index in [4.69, 9.17) is 11.6 Å².